The van der Waals surface area contributed by atoms with Gasteiger partial charge in [-0.05, 0) is 5.92 Å². The second-order valence-corrected chi connectivity index (χ2v) is 11.5. The highest BCUT2D eigenvalue weighted by molar-refractivity contribution is 4.56. The normalized spacial score (nSPS) is 12.5. The minimum atomic E-state index is 0.968. The molecule has 0 aliphatic carbocycles. The summed E-state index contributed by atoms with van der Waals surface area (Å²) in [6.45, 7) is 7.11. The second-order valence-electron chi connectivity index (χ2n) is 11.5. The maximum absolute atomic E-state index is 2.50. The third kappa shape index (κ3) is 30.0. The zero-order chi connectivity index (χ0) is 24.1. The van der Waals surface area contributed by atoms with Crippen LogP contribution in [0.25, 0.3) is 0 Å². The van der Waals surface area contributed by atoms with Crippen LogP contribution in [0.5, 0.6) is 0 Å². The van der Waals surface area contributed by atoms with E-state index in [9.17, 15) is 0 Å². The summed E-state index contributed by atoms with van der Waals surface area (Å²) in [5, 5.41) is 0. The Bertz CT molecular complexity index is 320. The zero-order valence-corrected chi connectivity index (χ0v) is 24.1. The van der Waals surface area contributed by atoms with Crippen molar-refractivity contribution in [3.63, 3.8) is 0 Å². The van der Waals surface area contributed by atoms with Crippen LogP contribution < -0.4 is 0 Å². The van der Waals surface area contributed by atoms with Gasteiger partial charge in [-0.1, -0.05) is 207 Å². The Hall–Kier alpha value is 0. The van der Waals surface area contributed by atoms with Crippen LogP contribution in [0.1, 0.15) is 207 Å². The largest absolute Gasteiger partial charge is 0.0654 e. The van der Waals surface area contributed by atoms with Gasteiger partial charge in [0.1, 0.15) is 0 Å². The van der Waals surface area contributed by atoms with E-state index in [4.69, 9.17) is 0 Å². The van der Waals surface area contributed by atoms with Crippen molar-refractivity contribution in [2.45, 2.75) is 207 Å². The molecule has 0 nitrogen and oxygen atoms in total. The lowest BCUT2D eigenvalue weighted by atomic mass is 9.95. The van der Waals surface area contributed by atoms with Crippen LogP contribution in [0.2, 0.25) is 0 Å². The van der Waals surface area contributed by atoms with E-state index in [1.165, 1.54) is 186 Å². The van der Waals surface area contributed by atoms with Crippen LogP contribution in [0, 0.1) is 5.92 Å². The van der Waals surface area contributed by atoms with Gasteiger partial charge < -0.3 is 0 Å². The van der Waals surface area contributed by atoms with Crippen LogP contribution in [0.4, 0.5) is 0 Å². The van der Waals surface area contributed by atoms with Gasteiger partial charge in [0.2, 0.25) is 0 Å². The molecule has 200 valence electrons. The molecule has 0 rings (SSSR count). The Kier molecular flexibility index (Phi) is 30.0. The third-order valence-corrected chi connectivity index (χ3v) is 7.85. The number of hydrogen-bond acceptors (Lipinski definition) is 0. The fourth-order valence-electron chi connectivity index (χ4n) is 5.34. The molecule has 0 heteroatoms. The third-order valence-electron chi connectivity index (χ3n) is 7.85. The summed E-state index contributed by atoms with van der Waals surface area (Å²) in [6, 6.07) is 0. The van der Waals surface area contributed by atoms with Crippen molar-refractivity contribution >= 4 is 0 Å². The molecule has 0 saturated carbocycles. The molecule has 0 aromatic carbocycles. The smallest absolute Gasteiger partial charge is 0.0443 e. The zero-order valence-electron chi connectivity index (χ0n) is 24.1. The van der Waals surface area contributed by atoms with Crippen LogP contribution in [-0.2, 0) is 0 Å². The number of unbranched alkanes of at least 4 members (excludes halogenated alkanes) is 25. The molecule has 0 N–H and O–H groups in total. The molecule has 0 amide bonds. The standard InChI is InChI=1S/C33H68/c1-4-6-8-10-12-14-16-17-18-19-20-21-22-24-26-28-30-32-33(3)31-29-27-25-23-15-13-11-9-7-5-2/h33H,4-32H2,1-3H3. The minimum absolute atomic E-state index is 0.968. The maximum atomic E-state index is 2.50. The average molecular weight is 465 g/mol. The van der Waals surface area contributed by atoms with Gasteiger partial charge in [0, 0.05) is 0 Å². The molecule has 0 aliphatic rings. The average Bonchev–Trinajstić information content (AvgIpc) is 2.82. The van der Waals surface area contributed by atoms with Gasteiger partial charge in [-0.25, -0.2) is 0 Å². The molecule has 0 spiro atoms. The quantitative estimate of drug-likeness (QED) is 0.0965. The monoisotopic (exact) mass is 465 g/mol. The highest BCUT2D eigenvalue weighted by Crippen LogP contribution is 2.19. The van der Waals surface area contributed by atoms with Gasteiger partial charge >= 0.3 is 0 Å². The SMILES string of the molecule is CCCCCCCCCCCCCCCCCCCC(C)CCCCCCCCCCCC. The van der Waals surface area contributed by atoms with E-state index in [2.05, 4.69) is 20.8 Å². The summed E-state index contributed by atoms with van der Waals surface area (Å²) in [7, 11) is 0. The predicted octanol–water partition coefficient (Wildman–Crippen LogP) is 13.0. The molecule has 0 radical (unpaired) electrons. The molecule has 0 aromatic heterocycles. The molecule has 33 heavy (non-hydrogen) atoms. The van der Waals surface area contributed by atoms with Gasteiger partial charge in [-0.15, -0.1) is 0 Å². The number of hydrogen-bond donors (Lipinski definition) is 0. The Morgan fingerprint density at radius 3 is 0.667 bits per heavy atom. The molecule has 0 bridgehead atoms. The van der Waals surface area contributed by atoms with Gasteiger partial charge in [-0.2, -0.15) is 0 Å². The van der Waals surface area contributed by atoms with Gasteiger partial charge in [0.15, 0.2) is 0 Å². The molecule has 1 atom stereocenters. The second kappa shape index (κ2) is 30.0. The van der Waals surface area contributed by atoms with Crippen molar-refractivity contribution in [1.29, 1.82) is 0 Å². The van der Waals surface area contributed by atoms with Crippen molar-refractivity contribution in [3.8, 4) is 0 Å². The fourth-order valence-corrected chi connectivity index (χ4v) is 5.34. The van der Waals surface area contributed by atoms with E-state index < -0.39 is 0 Å². The topological polar surface area (TPSA) is 0 Å². The van der Waals surface area contributed by atoms with Crippen LogP contribution >= 0.6 is 0 Å². The van der Waals surface area contributed by atoms with E-state index in [1.807, 2.05) is 0 Å². The van der Waals surface area contributed by atoms with Crippen LogP contribution in [0.15, 0.2) is 0 Å². The van der Waals surface area contributed by atoms with Crippen LogP contribution in [0.3, 0.4) is 0 Å². The highest BCUT2D eigenvalue weighted by Gasteiger charge is 2.02. The predicted molar refractivity (Wildman–Crippen MR) is 154 cm³/mol. The van der Waals surface area contributed by atoms with Crippen LogP contribution in [-0.4, -0.2) is 0 Å². The summed E-state index contributed by atoms with van der Waals surface area (Å²) in [5.74, 6) is 0.968. The van der Waals surface area contributed by atoms with Gasteiger partial charge in [0.05, 0.1) is 0 Å². The van der Waals surface area contributed by atoms with Gasteiger partial charge in [-0.3, -0.25) is 0 Å². The molecule has 0 heterocycles. The molecule has 0 fully saturated rings. The maximum Gasteiger partial charge on any atom is -0.0443 e. The van der Waals surface area contributed by atoms with Crippen molar-refractivity contribution in [3.05, 3.63) is 0 Å². The summed E-state index contributed by atoms with van der Waals surface area (Å²) in [6.07, 6.45) is 42.8. The van der Waals surface area contributed by atoms with Crippen molar-refractivity contribution < 1.29 is 0 Å². The van der Waals surface area contributed by atoms with E-state index >= 15 is 0 Å². The summed E-state index contributed by atoms with van der Waals surface area (Å²) < 4.78 is 0. The van der Waals surface area contributed by atoms with Crippen molar-refractivity contribution in [1.82, 2.24) is 0 Å². The minimum Gasteiger partial charge on any atom is -0.0654 e. The Labute approximate surface area is 212 Å². The number of rotatable bonds is 29. The van der Waals surface area contributed by atoms with E-state index in [0.717, 1.165) is 5.92 Å². The lowest BCUT2D eigenvalue weighted by Gasteiger charge is -2.11. The highest BCUT2D eigenvalue weighted by atomic mass is 14.1. The molecule has 0 aromatic rings. The van der Waals surface area contributed by atoms with Crippen molar-refractivity contribution in [2.75, 3.05) is 0 Å². The Balaban J connectivity index is 3.12. The molecule has 1 unspecified atom stereocenters. The van der Waals surface area contributed by atoms with Gasteiger partial charge in [0.25, 0.3) is 0 Å². The van der Waals surface area contributed by atoms with E-state index in [1.54, 1.807) is 0 Å². The fraction of sp³-hybridized carbons (Fsp3) is 1.00. The summed E-state index contributed by atoms with van der Waals surface area (Å²) >= 11 is 0. The molecule has 0 aliphatic heterocycles. The van der Waals surface area contributed by atoms with E-state index in [0.29, 0.717) is 0 Å². The molecule has 0 saturated heterocycles. The first kappa shape index (κ1) is 33.0. The first-order valence-corrected chi connectivity index (χ1v) is 16.3. The Morgan fingerprint density at radius 2 is 0.455 bits per heavy atom. The molecular formula is C33H68. The summed E-state index contributed by atoms with van der Waals surface area (Å²) in [5.41, 5.74) is 0. The molecular weight excluding hydrogens is 396 g/mol. The lowest BCUT2D eigenvalue weighted by Crippen LogP contribution is -1.95. The Morgan fingerprint density at radius 1 is 0.273 bits per heavy atom. The van der Waals surface area contributed by atoms with Crippen molar-refractivity contribution in [2.24, 2.45) is 5.92 Å². The first-order chi connectivity index (χ1) is 16.3. The summed E-state index contributed by atoms with van der Waals surface area (Å²) in [4.78, 5) is 0. The first-order valence-electron chi connectivity index (χ1n) is 16.3. The van der Waals surface area contributed by atoms with E-state index in [-0.39, 0.29) is 0 Å². The lowest BCUT2D eigenvalue weighted by molar-refractivity contribution is 0.429.